The third kappa shape index (κ3) is 5.65. The van der Waals surface area contributed by atoms with Gasteiger partial charge in [-0.2, -0.15) is 0 Å². The Bertz CT molecular complexity index is 1080. The van der Waals surface area contributed by atoms with Gasteiger partial charge in [0.15, 0.2) is 0 Å². The zero-order valence-electron chi connectivity index (χ0n) is 21.3. The number of amides is 2. The number of carbonyl (C=O) groups is 2. The molecule has 2 aromatic rings. The Morgan fingerprint density at radius 1 is 0.944 bits per heavy atom. The lowest BCUT2D eigenvalue weighted by atomic mass is 9.90. The molecule has 36 heavy (non-hydrogen) atoms. The van der Waals surface area contributed by atoms with Crippen LogP contribution >= 0.6 is 0 Å². The smallest absolute Gasteiger partial charge is 0.226 e. The number of likely N-dealkylation sites (tertiary alicyclic amines) is 1. The van der Waals surface area contributed by atoms with Gasteiger partial charge in [-0.15, -0.1) is 0 Å². The van der Waals surface area contributed by atoms with Crippen LogP contribution in [0.3, 0.4) is 0 Å². The molecule has 0 radical (unpaired) electrons. The second-order valence-corrected chi connectivity index (χ2v) is 10.5. The average Bonchev–Trinajstić information content (AvgIpc) is 3.62. The van der Waals surface area contributed by atoms with Gasteiger partial charge >= 0.3 is 0 Å². The molecule has 6 heteroatoms. The molecule has 1 saturated carbocycles. The highest BCUT2D eigenvalue weighted by Gasteiger charge is 2.59. The van der Waals surface area contributed by atoms with Crippen LogP contribution in [-0.2, 0) is 16.0 Å². The minimum Gasteiger partial charge on any atom is -0.497 e. The first-order valence-electron chi connectivity index (χ1n) is 13.2. The van der Waals surface area contributed by atoms with E-state index in [1.54, 1.807) is 7.11 Å². The Kier molecular flexibility index (Phi) is 7.42. The Morgan fingerprint density at radius 2 is 1.69 bits per heavy atom. The van der Waals surface area contributed by atoms with Gasteiger partial charge < -0.3 is 14.5 Å². The normalized spacial score (nSPS) is 21.6. The predicted molar refractivity (Wildman–Crippen MR) is 142 cm³/mol. The highest BCUT2D eigenvalue weighted by Crippen LogP contribution is 2.60. The summed E-state index contributed by atoms with van der Waals surface area (Å²) in [4.78, 5) is 32.6. The second-order valence-electron chi connectivity index (χ2n) is 10.5. The molecule has 2 saturated heterocycles. The Labute approximate surface area is 214 Å². The molecule has 1 aliphatic carbocycles. The zero-order chi connectivity index (χ0) is 25.0. The average molecular weight is 488 g/mol. The molecule has 1 atom stereocenters. The maximum Gasteiger partial charge on any atom is 0.226 e. The molecule has 2 heterocycles. The number of piperidine rings is 1. The van der Waals surface area contributed by atoms with Gasteiger partial charge in [-0.25, -0.2) is 0 Å². The largest absolute Gasteiger partial charge is 0.497 e. The van der Waals surface area contributed by atoms with Crippen LogP contribution in [0.15, 0.2) is 60.7 Å². The van der Waals surface area contributed by atoms with Crippen molar-refractivity contribution in [2.75, 3.05) is 52.9 Å². The zero-order valence-corrected chi connectivity index (χ0v) is 21.3. The molecule has 1 unspecified atom stereocenters. The van der Waals surface area contributed by atoms with Crippen LogP contribution in [0.5, 0.6) is 5.75 Å². The van der Waals surface area contributed by atoms with Gasteiger partial charge in [-0.05, 0) is 47.9 Å². The number of rotatable bonds is 7. The lowest BCUT2D eigenvalue weighted by Gasteiger charge is -2.36. The Balaban J connectivity index is 1.04. The van der Waals surface area contributed by atoms with Crippen molar-refractivity contribution >= 4 is 17.9 Å². The maximum absolute atomic E-state index is 13.3. The van der Waals surface area contributed by atoms with E-state index in [0.717, 1.165) is 76.4 Å². The first kappa shape index (κ1) is 24.6. The van der Waals surface area contributed by atoms with Gasteiger partial charge in [0, 0.05) is 51.7 Å². The molecule has 0 N–H and O–H groups in total. The Morgan fingerprint density at radius 3 is 2.42 bits per heavy atom. The van der Waals surface area contributed by atoms with E-state index in [0.29, 0.717) is 12.3 Å². The predicted octanol–water partition coefficient (Wildman–Crippen LogP) is 3.72. The van der Waals surface area contributed by atoms with Crippen molar-refractivity contribution < 1.29 is 14.3 Å². The van der Waals surface area contributed by atoms with Crippen molar-refractivity contribution in [2.24, 2.45) is 11.3 Å². The molecule has 0 bridgehead atoms. The summed E-state index contributed by atoms with van der Waals surface area (Å²) in [6.07, 6.45) is 7.65. The van der Waals surface area contributed by atoms with Crippen LogP contribution < -0.4 is 4.74 Å². The van der Waals surface area contributed by atoms with Crippen LogP contribution in [0.4, 0.5) is 0 Å². The van der Waals surface area contributed by atoms with Crippen molar-refractivity contribution in [3.8, 4) is 5.75 Å². The number of hydrogen-bond donors (Lipinski definition) is 0. The molecule has 1 spiro atoms. The molecule has 2 aromatic carbocycles. The monoisotopic (exact) mass is 487 g/mol. The second kappa shape index (κ2) is 10.9. The van der Waals surface area contributed by atoms with E-state index in [9.17, 15) is 9.59 Å². The van der Waals surface area contributed by atoms with Gasteiger partial charge in [-0.3, -0.25) is 14.5 Å². The number of hydrogen-bond acceptors (Lipinski definition) is 4. The van der Waals surface area contributed by atoms with Crippen LogP contribution in [-0.4, -0.2) is 79.4 Å². The fourth-order valence-electron chi connectivity index (χ4n) is 5.79. The number of carbonyl (C=O) groups excluding carboxylic acids is 2. The SMILES string of the molecule is COc1cccc(CC(=O)N2CCC3(CC2)CC3C(=O)N2CCN(C/C=C/c3ccccc3)CC2)c1. The summed E-state index contributed by atoms with van der Waals surface area (Å²) in [6, 6.07) is 18.1. The van der Waals surface area contributed by atoms with Gasteiger partial charge in [0.25, 0.3) is 0 Å². The van der Waals surface area contributed by atoms with E-state index >= 15 is 0 Å². The van der Waals surface area contributed by atoms with Crippen molar-refractivity contribution in [1.29, 1.82) is 0 Å². The number of benzene rings is 2. The molecular weight excluding hydrogens is 450 g/mol. The van der Waals surface area contributed by atoms with Crippen molar-refractivity contribution in [3.63, 3.8) is 0 Å². The molecular formula is C30H37N3O3. The maximum atomic E-state index is 13.3. The highest BCUT2D eigenvalue weighted by molar-refractivity contribution is 5.83. The van der Waals surface area contributed by atoms with Crippen LogP contribution in [0.2, 0.25) is 0 Å². The third-order valence-electron chi connectivity index (χ3n) is 8.25. The molecule has 0 aromatic heterocycles. The van der Waals surface area contributed by atoms with Crippen molar-refractivity contribution in [1.82, 2.24) is 14.7 Å². The fourth-order valence-corrected chi connectivity index (χ4v) is 5.79. The minimum atomic E-state index is 0.124. The summed E-state index contributed by atoms with van der Waals surface area (Å²) in [5.74, 6) is 1.43. The summed E-state index contributed by atoms with van der Waals surface area (Å²) >= 11 is 0. The van der Waals surface area contributed by atoms with Gasteiger partial charge in [0.2, 0.25) is 11.8 Å². The minimum absolute atomic E-state index is 0.124. The molecule has 190 valence electrons. The van der Waals surface area contributed by atoms with E-state index in [-0.39, 0.29) is 17.2 Å². The first-order chi connectivity index (χ1) is 17.6. The van der Waals surface area contributed by atoms with Crippen molar-refractivity contribution in [3.05, 3.63) is 71.8 Å². The quantitative estimate of drug-likeness (QED) is 0.597. The van der Waals surface area contributed by atoms with E-state index in [2.05, 4.69) is 46.2 Å². The lowest BCUT2D eigenvalue weighted by Crippen LogP contribution is -2.49. The van der Waals surface area contributed by atoms with Gasteiger partial charge in [-0.1, -0.05) is 54.6 Å². The van der Waals surface area contributed by atoms with Crippen LogP contribution in [0.25, 0.3) is 6.08 Å². The summed E-state index contributed by atoms with van der Waals surface area (Å²) in [6.45, 7) is 5.92. The van der Waals surface area contributed by atoms with Gasteiger partial charge in [0.05, 0.1) is 13.5 Å². The Hall–Kier alpha value is -3.12. The van der Waals surface area contributed by atoms with Gasteiger partial charge in [0.1, 0.15) is 5.75 Å². The number of ether oxygens (including phenoxy) is 1. The first-order valence-corrected chi connectivity index (χ1v) is 13.2. The molecule has 3 aliphatic rings. The number of nitrogens with zero attached hydrogens (tertiary/aromatic N) is 3. The fraction of sp³-hybridized carbons (Fsp3) is 0.467. The topological polar surface area (TPSA) is 53.1 Å². The summed E-state index contributed by atoms with van der Waals surface area (Å²) in [5, 5.41) is 0. The molecule has 5 rings (SSSR count). The third-order valence-corrected chi connectivity index (χ3v) is 8.25. The standard InChI is InChI=1S/C30H37N3O3/c1-36-26-11-5-9-25(21-26)22-28(34)32-15-12-30(13-16-32)23-27(30)29(35)33-19-17-31(18-20-33)14-6-10-24-7-3-2-4-8-24/h2-11,21,27H,12-20,22-23H2,1H3/b10-6+. The summed E-state index contributed by atoms with van der Waals surface area (Å²) in [7, 11) is 1.64. The number of methoxy groups -OCH3 is 1. The highest BCUT2D eigenvalue weighted by atomic mass is 16.5. The molecule has 3 fully saturated rings. The van der Waals surface area contributed by atoms with E-state index in [1.165, 1.54) is 5.56 Å². The van der Waals surface area contributed by atoms with E-state index in [4.69, 9.17) is 4.74 Å². The summed E-state index contributed by atoms with van der Waals surface area (Å²) in [5.41, 5.74) is 2.33. The van der Waals surface area contributed by atoms with E-state index in [1.807, 2.05) is 35.2 Å². The molecule has 2 aliphatic heterocycles. The summed E-state index contributed by atoms with van der Waals surface area (Å²) < 4.78 is 5.27. The van der Waals surface area contributed by atoms with Crippen molar-refractivity contribution in [2.45, 2.75) is 25.7 Å². The van der Waals surface area contributed by atoms with Crippen LogP contribution in [0.1, 0.15) is 30.4 Å². The van der Waals surface area contributed by atoms with E-state index < -0.39 is 0 Å². The number of piperazine rings is 1. The van der Waals surface area contributed by atoms with Crippen LogP contribution in [0, 0.1) is 11.3 Å². The lowest BCUT2D eigenvalue weighted by molar-refractivity contribution is -0.135. The molecule has 6 nitrogen and oxygen atoms in total. The molecule has 2 amide bonds.